The Morgan fingerprint density at radius 2 is 2.00 bits per heavy atom. The molecule has 19 heavy (non-hydrogen) atoms. The third-order valence-corrected chi connectivity index (χ3v) is 4.05. The summed E-state index contributed by atoms with van der Waals surface area (Å²) >= 11 is 9.45. The Morgan fingerprint density at radius 1 is 1.26 bits per heavy atom. The normalized spacial score (nSPS) is 10.7. The number of aryl methyl sites for hydroxylation is 1. The first-order valence-corrected chi connectivity index (χ1v) is 7.23. The van der Waals surface area contributed by atoms with E-state index in [2.05, 4.69) is 32.8 Å². The first-order chi connectivity index (χ1) is 9.11. The van der Waals surface area contributed by atoms with Gasteiger partial charge >= 0.3 is 0 Å². The minimum atomic E-state index is -0.248. The number of nitrogens with zero attached hydrogens (tertiary/aromatic N) is 2. The second kappa shape index (κ2) is 6.44. The van der Waals surface area contributed by atoms with E-state index < -0.39 is 0 Å². The lowest BCUT2D eigenvalue weighted by Gasteiger charge is -2.08. The molecule has 0 aliphatic rings. The van der Waals surface area contributed by atoms with Crippen molar-refractivity contribution in [3.63, 3.8) is 0 Å². The second-order valence-corrected chi connectivity index (χ2v) is 5.36. The van der Waals surface area contributed by atoms with E-state index in [-0.39, 0.29) is 5.82 Å². The highest BCUT2D eigenvalue weighted by Gasteiger charge is 2.12. The van der Waals surface area contributed by atoms with Gasteiger partial charge in [-0.2, -0.15) is 0 Å². The molecule has 5 heteroatoms. The Labute approximate surface area is 125 Å². The van der Waals surface area contributed by atoms with Crippen LogP contribution in [0.15, 0.2) is 28.7 Å². The van der Waals surface area contributed by atoms with Crippen LogP contribution in [-0.4, -0.2) is 9.97 Å². The Balaban J connectivity index is 2.33. The second-order valence-electron chi connectivity index (χ2n) is 4.21. The van der Waals surface area contributed by atoms with Gasteiger partial charge < -0.3 is 0 Å². The molecule has 0 spiro atoms. The maximum absolute atomic E-state index is 13.6. The molecule has 0 amide bonds. The highest BCUT2D eigenvalue weighted by Crippen LogP contribution is 2.25. The molecular weight excluding hydrogens is 331 g/mol. The molecule has 0 saturated carbocycles. The molecule has 100 valence electrons. The molecule has 0 aliphatic heterocycles. The Kier molecular flexibility index (Phi) is 4.88. The zero-order valence-electron chi connectivity index (χ0n) is 10.5. The van der Waals surface area contributed by atoms with E-state index in [9.17, 15) is 4.39 Å². The Morgan fingerprint density at radius 3 is 2.68 bits per heavy atom. The molecule has 0 bridgehead atoms. The average Bonchev–Trinajstić information content (AvgIpc) is 2.38. The van der Waals surface area contributed by atoms with Crippen LogP contribution in [0.4, 0.5) is 4.39 Å². The highest BCUT2D eigenvalue weighted by molar-refractivity contribution is 9.10. The smallest absolute Gasteiger partial charge is 0.147 e. The van der Waals surface area contributed by atoms with Crippen molar-refractivity contribution in [1.82, 2.24) is 9.97 Å². The lowest BCUT2D eigenvalue weighted by Crippen LogP contribution is -2.04. The fourth-order valence-corrected chi connectivity index (χ4v) is 2.39. The van der Waals surface area contributed by atoms with Gasteiger partial charge in [-0.15, -0.1) is 0 Å². The van der Waals surface area contributed by atoms with Crippen LogP contribution in [-0.2, 0) is 12.8 Å². The molecule has 1 heterocycles. The van der Waals surface area contributed by atoms with Crippen molar-refractivity contribution in [1.29, 1.82) is 0 Å². The molecule has 2 nitrogen and oxygen atoms in total. The van der Waals surface area contributed by atoms with Crippen molar-refractivity contribution in [2.24, 2.45) is 0 Å². The minimum Gasteiger partial charge on any atom is -0.236 e. The summed E-state index contributed by atoms with van der Waals surface area (Å²) in [6.45, 7) is 2.07. The predicted octanol–water partition coefficient (Wildman–Crippen LogP) is 4.57. The van der Waals surface area contributed by atoms with Crippen molar-refractivity contribution in [2.45, 2.75) is 26.2 Å². The van der Waals surface area contributed by atoms with Gasteiger partial charge in [0, 0.05) is 6.42 Å². The molecule has 0 saturated heterocycles. The van der Waals surface area contributed by atoms with Crippen molar-refractivity contribution in [3.05, 3.63) is 56.8 Å². The van der Waals surface area contributed by atoms with E-state index in [0.717, 1.165) is 23.0 Å². The summed E-state index contributed by atoms with van der Waals surface area (Å²) < 4.78 is 14.3. The van der Waals surface area contributed by atoms with Gasteiger partial charge in [-0.05, 0) is 34.0 Å². The molecule has 0 atom stereocenters. The van der Waals surface area contributed by atoms with Crippen molar-refractivity contribution >= 4 is 27.5 Å². The number of halogens is 3. The van der Waals surface area contributed by atoms with Gasteiger partial charge in [-0.25, -0.2) is 14.4 Å². The third-order valence-electron chi connectivity index (χ3n) is 2.72. The number of hydrogen-bond donors (Lipinski definition) is 0. The van der Waals surface area contributed by atoms with E-state index in [1.165, 1.54) is 6.07 Å². The Bertz CT molecular complexity index is 590. The quantitative estimate of drug-likeness (QED) is 0.760. The summed E-state index contributed by atoms with van der Waals surface area (Å²) in [4.78, 5) is 8.64. The first-order valence-electron chi connectivity index (χ1n) is 6.06. The summed E-state index contributed by atoms with van der Waals surface area (Å²) in [6, 6.07) is 6.62. The molecule has 1 aromatic heterocycles. The van der Waals surface area contributed by atoms with Crippen molar-refractivity contribution < 1.29 is 4.39 Å². The van der Waals surface area contributed by atoms with Crippen molar-refractivity contribution in [3.8, 4) is 0 Å². The summed E-state index contributed by atoms with van der Waals surface area (Å²) in [5.74, 6) is 0.295. The van der Waals surface area contributed by atoms with Gasteiger partial charge in [0.1, 0.15) is 16.8 Å². The molecular formula is C14H13BrClFN2. The number of benzene rings is 1. The molecule has 0 N–H and O–H groups in total. The monoisotopic (exact) mass is 342 g/mol. The van der Waals surface area contributed by atoms with Gasteiger partial charge in [-0.3, -0.25) is 0 Å². The lowest BCUT2D eigenvalue weighted by molar-refractivity contribution is 0.611. The van der Waals surface area contributed by atoms with Crippen LogP contribution in [0.25, 0.3) is 0 Å². The lowest BCUT2D eigenvalue weighted by atomic mass is 10.1. The molecule has 0 unspecified atom stereocenters. The molecule has 0 fully saturated rings. The highest BCUT2D eigenvalue weighted by atomic mass is 79.9. The molecule has 1 aromatic carbocycles. The zero-order chi connectivity index (χ0) is 13.8. The number of rotatable bonds is 4. The van der Waals surface area contributed by atoms with E-state index in [4.69, 9.17) is 11.6 Å². The maximum Gasteiger partial charge on any atom is 0.147 e. The van der Waals surface area contributed by atoms with Crippen LogP contribution in [0.1, 0.15) is 30.4 Å². The maximum atomic E-state index is 13.6. The summed E-state index contributed by atoms with van der Waals surface area (Å²) in [5.41, 5.74) is 1.44. The number of aromatic nitrogens is 2. The average molecular weight is 344 g/mol. The van der Waals surface area contributed by atoms with Gasteiger partial charge in [0.15, 0.2) is 0 Å². The summed E-state index contributed by atoms with van der Waals surface area (Å²) in [6.07, 6.45) is 2.12. The SMILES string of the molecule is CCCc1nc(Cc2ccccc2F)nc(Cl)c1Br. The zero-order valence-corrected chi connectivity index (χ0v) is 12.8. The summed E-state index contributed by atoms with van der Waals surface area (Å²) in [5, 5.41) is 0.379. The van der Waals surface area contributed by atoms with Crippen molar-refractivity contribution in [2.75, 3.05) is 0 Å². The van der Waals surface area contributed by atoms with Crippen LogP contribution in [0.3, 0.4) is 0 Å². The van der Waals surface area contributed by atoms with Gasteiger partial charge in [0.05, 0.1) is 10.2 Å². The van der Waals surface area contributed by atoms with E-state index in [1.54, 1.807) is 18.2 Å². The first kappa shape index (κ1) is 14.4. The van der Waals surface area contributed by atoms with Crippen LogP contribution in [0, 0.1) is 5.82 Å². The fraction of sp³-hybridized carbons (Fsp3) is 0.286. The van der Waals surface area contributed by atoms with Gasteiger partial charge in [-0.1, -0.05) is 43.1 Å². The standard InChI is InChI=1S/C14H13BrClFN2/c1-2-5-11-13(15)14(16)19-12(18-11)8-9-6-3-4-7-10(9)17/h3-4,6-7H,2,5,8H2,1H3. The van der Waals surface area contributed by atoms with Gasteiger partial charge in [0.25, 0.3) is 0 Å². The van der Waals surface area contributed by atoms with E-state index >= 15 is 0 Å². The molecule has 0 radical (unpaired) electrons. The van der Waals surface area contributed by atoms with Gasteiger partial charge in [0.2, 0.25) is 0 Å². The molecule has 2 rings (SSSR count). The molecule has 2 aromatic rings. The topological polar surface area (TPSA) is 25.8 Å². The third kappa shape index (κ3) is 3.51. The predicted molar refractivity (Wildman–Crippen MR) is 77.9 cm³/mol. The van der Waals surface area contributed by atoms with E-state index in [0.29, 0.717) is 23.0 Å². The van der Waals surface area contributed by atoms with Crippen LogP contribution in [0.5, 0.6) is 0 Å². The Hall–Kier alpha value is -1.00. The van der Waals surface area contributed by atoms with Crippen LogP contribution >= 0.6 is 27.5 Å². The fourth-order valence-electron chi connectivity index (χ4n) is 1.80. The van der Waals surface area contributed by atoms with Crippen LogP contribution < -0.4 is 0 Å². The molecule has 0 aliphatic carbocycles. The summed E-state index contributed by atoms with van der Waals surface area (Å²) in [7, 11) is 0. The largest absolute Gasteiger partial charge is 0.236 e. The number of hydrogen-bond acceptors (Lipinski definition) is 2. The van der Waals surface area contributed by atoms with Crippen LogP contribution in [0.2, 0.25) is 5.15 Å². The minimum absolute atomic E-state index is 0.248. The van der Waals surface area contributed by atoms with E-state index in [1.807, 2.05) is 0 Å².